The van der Waals surface area contributed by atoms with Crippen LogP contribution in [0.1, 0.15) is 207 Å². The van der Waals surface area contributed by atoms with Gasteiger partial charge in [-0.1, -0.05) is 285 Å². The van der Waals surface area contributed by atoms with Gasteiger partial charge in [0.1, 0.15) is 22.3 Å². The zero-order valence-electron chi connectivity index (χ0n) is 62.0. The number of hydrogen-bond donors (Lipinski definition) is 0. The van der Waals surface area contributed by atoms with Gasteiger partial charge in [0.05, 0.1) is 0 Å². The van der Waals surface area contributed by atoms with Gasteiger partial charge in [0.25, 0.3) is 0 Å². The van der Waals surface area contributed by atoms with E-state index in [9.17, 15) is 0 Å². The molecule has 3 nitrogen and oxygen atoms in total. The molecule has 5 aliphatic rings. The second kappa shape index (κ2) is 23.3. The van der Waals surface area contributed by atoms with Gasteiger partial charge in [-0.3, -0.25) is 0 Å². The molecule has 0 aliphatic heterocycles. The summed E-state index contributed by atoms with van der Waals surface area (Å²) in [6.07, 6.45) is 15.4. The van der Waals surface area contributed by atoms with Crippen molar-refractivity contribution in [1.82, 2.24) is 0 Å². The van der Waals surface area contributed by atoms with E-state index in [1.807, 2.05) is 0 Å². The molecule has 0 saturated heterocycles. The molecular formula is C100H93NO2. The van der Waals surface area contributed by atoms with Crippen molar-refractivity contribution in [2.24, 2.45) is 0 Å². The standard InChI is InChI=1S/C100H93NO2/c1-12-14-16-18-30-52-100(53-31-19-17-15-13-2)77-38-26-21-33-66(77)69-48-43-62(55-82(69)100)61-42-47-67-68-49-44-63(56-79(68)96(4,5)78(67)54-61)75-59-83-87(89-73-35-23-28-40-85(73)102-94(75)89)71-50-45-64(57-80(71)97(83,6)7)101(84-39-27-20-32-60(84)3)65-46-51-72-81(58-65)99(10,11)92-88(72)90-74-36-24-29-41-86(74)103-95(90)91-70-34-22-25-37-76(70)98(8,9)93(91)92/h20-29,32-51,54-59H,12-19,30-31,52-53H2,1-11H3. The molecule has 0 atom stereocenters. The maximum Gasteiger partial charge on any atom is 0.144 e. The number of nitrogens with zero attached hydrogens (tertiary/aromatic N) is 1. The lowest BCUT2D eigenvalue weighted by Crippen LogP contribution is -2.25. The second-order valence-corrected chi connectivity index (χ2v) is 33.3. The molecule has 103 heavy (non-hydrogen) atoms. The zero-order valence-corrected chi connectivity index (χ0v) is 62.0. The molecule has 0 fully saturated rings. The van der Waals surface area contributed by atoms with Crippen LogP contribution in [0.5, 0.6) is 0 Å². The van der Waals surface area contributed by atoms with E-state index in [4.69, 9.17) is 8.83 Å². The van der Waals surface area contributed by atoms with Crippen molar-refractivity contribution in [3.63, 3.8) is 0 Å². The van der Waals surface area contributed by atoms with Gasteiger partial charge in [-0.15, -0.1) is 0 Å². The molecule has 0 bridgehead atoms. The molecule has 2 heterocycles. The molecule has 0 radical (unpaired) electrons. The second-order valence-electron chi connectivity index (χ2n) is 33.3. The lowest BCUT2D eigenvalue weighted by Gasteiger charge is -2.33. The summed E-state index contributed by atoms with van der Waals surface area (Å²) in [6.45, 7) is 26.5. The first-order valence-electron chi connectivity index (χ1n) is 38.8. The molecule has 2 aromatic heterocycles. The minimum Gasteiger partial charge on any atom is -0.455 e. The van der Waals surface area contributed by atoms with Crippen LogP contribution < -0.4 is 4.90 Å². The first-order valence-corrected chi connectivity index (χ1v) is 38.8. The van der Waals surface area contributed by atoms with Crippen LogP contribution >= 0.6 is 0 Å². The maximum absolute atomic E-state index is 7.23. The van der Waals surface area contributed by atoms with Gasteiger partial charge >= 0.3 is 0 Å². The maximum atomic E-state index is 7.23. The minimum atomic E-state index is -0.379. The lowest BCUT2D eigenvalue weighted by molar-refractivity contribution is 0.399. The number of furan rings is 2. The number of hydrogen-bond acceptors (Lipinski definition) is 3. The van der Waals surface area contributed by atoms with Crippen LogP contribution in [0.3, 0.4) is 0 Å². The van der Waals surface area contributed by atoms with E-state index in [2.05, 4.69) is 299 Å². The van der Waals surface area contributed by atoms with Crippen molar-refractivity contribution in [3.05, 3.63) is 280 Å². The Hall–Kier alpha value is -9.96. The van der Waals surface area contributed by atoms with Crippen LogP contribution in [0.4, 0.5) is 17.1 Å². The van der Waals surface area contributed by atoms with Crippen molar-refractivity contribution in [2.75, 3.05) is 4.90 Å². The molecule has 0 N–H and O–H groups in total. The number of unbranched alkanes of at least 4 members (excludes halogenated alkanes) is 8. The monoisotopic (exact) mass is 1340 g/mol. The Morgan fingerprint density at radius 3 is 1.39 bits per heavy atom. The van der Waals surface area contributed by atoms with E-state index in [1.165, 1.54) is 216 Å². The largest absolute Gasteiger partial charge is 0.455 e. The summed E-state index contributed by atoms with van der Waals surface area (Å²) in [4.78, 5) is 2.53. The first-order chi connectivity index (χ1) is 49.9. The Morgan fingerprint density at radius 2 is 0.748 bits per heavy atom. The summed E-state index contributed by atoms with van der Waals surface area (Å²) < 4.78 is 14.3. The zero-order chi connectivity index (χ0) is 70.2. The molecule has 19 rings (SSSR count). The van der Waals surface area contributed by atoms with Gasteiger partial charge < -0.3 is 13.7 Å². The topological polar surface area (TPSA) is 29.5 Å². The van der Waals surface area contributed by atoms with Crippen molar-refractivity contribution >= 4 is 60.9 Å². The fourth-order valence-corrected chi connectivity index (χ4v) is 20.8. The third-order valence-corrected chi connectivity index (χ3v) is 26.0. The molecule has 3 heteroatoms. The minimum absolute atomic E-state index is 0.0332. The average molecular weight is 1340 g/mol. The normalized spacial score (nSPS) is 15.8. The van der Waals surface area contributed by atoms with Crippen molar-refractivity contribution in [2.45, 2.75) is 180 Å². The van der Waals surface area contributed by atoms with Crippen molar-refractivity contribution in [1.29, 1.82) is 0 Å². The number of aryl methyl sites for hydroxylation is 1. The molecule has 510 valence electrons. The van der Waals surface area contributed by atoms with E-state index in [0.29, 0.717) is 0 Å². The number of benzene rings is 12. The SMILES string of the molecule is CCCCCCCC1(CCCCCCC)c2ccccc2-c2ccc(-c3ccc4c(c3)C(C)(C)c3cc(-c5cc6c(c7c5oc5ccccc57)-c5ccc(N(c7ccc8c(c7)C(C)(C)c7c9c(c%10oc%11ccccc%11c%10c7-8)-c7ccccc7C9(C)C)c7ccccc7C)cc5C6(C)C)ccc3-4)cc21. The highest BCUT2D eigenvalue weighted by Gasteiger charge is 2.50. The predicted octanol–water partition coefficient (Wildman–Crippen LogP) is 28.8. The highest BCUT2D eigenvalue weighted by Crippen LogP contribution is 2.65. The number of fused-ring (bicyclic) bond motifs is 25. The molecule has 0 unspecified atom stereocenters. The van der Waals surface area contributed by atoms with Crippen LogP contribution in [0.15, 0.2) is 227 Å². The van der Waals surface area contributed by atoms with Crippen LogP contribution in [-0.2, 0) is 27.1 Å². The van der Waals surface area contributed by atoms with Crippen LogP contribution in [-0.4, -0.2) is 0 Å². The molecule has 0 spiro atoms. The molecule has 5 aliphatic carbocycles. The summed E-state index contributed by atoms with van der Waals surface area (Å²) in [5.41, 5.74) is 39.5. The summed E-state index contributed by atoms with van der Waals surface area (Å²) in [6, 6.07) is 84.2. The molecule has 0 amide bonds. The van der Waals surface area contributed by atoms with Gasteiger partial charge in [-0.05, 0) is 214 Å². The number of rotatable bonds is 17. The highest BCUT2D eigenvalue weighted by molar-refractivity contribution is 6.22. The Balaban J connectivity index is 0.701. The van der Waals surface area contributed by atoms with Gasteiger partial charge in [-0.25, -0.2) is 0 Å². The van der Waals surface area contributed by atoms with Crippen molar-refractivity contribution in [3.8, 4) is 77.9 Å². The van der Waals surface area contributed by atoms with Crippen LogP contribution in [0.25, 0.3) is 122 Å². The Labute approximate surface area is 608 Å². The van der Waals surface area contributed by atoms with E-state index in [1.54, 1.807) is 11.1 Å². The van der Waals surface area contributed by atoms with E-state index in [0.717, 1.165) is 50.3 Å². The average Bonchev–Trinajstić information content (AvgIpc) is 1.51. The smallest absolute Gasteiger partial charge is 0.144 e. The van der Waals surface area contributed by atoms with E-state index < -0.39 is 0 Å². The van der Waals surface area contributed by atoms with Crippen molar-refractivity contribution < 1.29 is 8.83 Å². The molecule has 0 saturated carbocycles. The van der Waals surface area contributed by atoms with E-state index >= 15 is 0 Å². The quantitative estimate of drug-likeness (QED) is 0.0851. The molecule has 14 aromatic rings. The Bertz CT molecular complexity index is 5870. The van der Waals surface area contributed by atoms with Gasteiger partial charge in [0.2, 0.25) is 0 Å². The van der Waals surface area contributed by atoms with Gasteiger partial charge in [-0.2, -0.15) is 0 Å². The predicted molar refractivity (Wildman–Crippen MR) is 435 cm³/mol. The fraction of sp³-hybridized carbons (Fsp3) is 0.280. The number of anilines is 3. The highest BCUT2D eigenvalue weighted by atomic mass is 16.3. The molecular weight excluding hydrogens is 1250 g/mol. The third kappa shape index (κ3) is 9.12. The summed E-state index contributed by atoms with van der Waals surface area (Å²) in [7, 11) is 0. The summed E-state index contributed by atoms with van der Waals surface area (Å²) in [5, 5.41) is 4.74. The van der Waals surface area contributed by atoms with Crippen LogP contribution in [0.2, 0.25) is 0 Å². The Kier molecular flexibility index (Phi) is 14.4. The summed E-state index contributed by atoms with van der Waals surface area (Å²) >= 11 is 0. The Morgan fingerprint density at radius 1 is 0.311 bits per heavy atom. The summed E-state index contributed by atoms with van der Waals surface area (Å²) in [5.74, 6) is 0. The lowest BCUT2D eigenvalue weighted by atomic mass is 9.70. The van der Waals surface area contributed by atoms with E-state index in [-0.39, 0.29) is 27.1 Å². The third-order valence-electron chi connectivity index (χ3n) is 26.0. The van der Waals surface area contributed by atoms with Gasteiger partial charge in [0.15, 0.2) is 0 Å². The number of para-hydroxylation sites is 3. The fourth-order valence-electron chi connectivity index (χ4n) is 20.8. The van der Waals surface area contributed by atoms with Gasteiger partial charge in [0, 0.05) is 76.8 Å². The first kappa shape index (κ1) is 63.9. The van der Waals surface area contributed by atoms with Crippen LogP contribution in [0, 0.1) is 6.92 Å². The molecule has 12 aromatic carbocycles.